The molecule has 0 saturated carbocycles. The first-order valence-corrected chi connectivity index (χ1v) is 3.72. The van der Waals surface area contributed by atoms with E-state index < -0.39 is 28.5 Å². The molecule has 7 nitrogen and oxygen atoms in total. The second-order valence-electron chi connectivity index (χ2n) is 2.51. The van der Waals surface area contributed by atoms with Crippen molar-refractivity contribution in [3.63, 3.8) is 0 Å². The fourth-order valence-electron chi connectivity index (χ4n) is 1.19. The zero-order valence-electron chi connectivity index (χ0n) is 8.55. The van der Waals surface area contributed by atoms with Crippen LogP contribution in [0.5, 0.6) is 0 Å². The maximum atomic E-state index is 10.7. The van der Waals surface area contributed by atoms with Gasteiger partial charge in [-0.3, -0.25) is 0 Å². The summed E-state index contributed by atoms with van der Waals surface area (Å²) < 4.78 is 0.395. The predicted molar refractivity (Wildman–Crippen MR) is 43.9 cm³/mol. The van der Waals surface area contributed by atoms with Gasteiger partial charge in [0.05, 0.1) is 17.2 Å². The summed E-state index contributed by atoms with van der Waals surface area (Å²) in [5.41, 5.74) is -2.25. The van der Waals surface area contributed by atoms with Gasteiger partial charge in [-0.05, 0) is 0 Å². The number of carboxylic acid groups (broad SMARTS) is 1. The van der Waals surface area contributed by atoms with E-state index in [1.807, 2.05) is 0 Å². The Hall–Kier alpha value is -1.65. The third-order valence-electron chi connectivity index (χ3n) is 1.79. The molecule has 0 saturated heterocycles. The van der Waals surface area contributed by atoms with Crippen molar-refractivity contribution in [1.82, 2.24) is 4.57 Å². The molecule has 1 aromatic rings. The van der Waals surface area contributed by atoms with Crippen LogP contribution in [0.25, 0.3) is 0 Å². The first-order valence-electron chi connectivity index (χ1n) is 3.72. The van der Waals surface area contributed by atoms with Crippen LogP contribution in [0.3, 0.4) is 0 Å². The normalized spacial score (nSPS) is 7.76. The Kier molecular flexibility index (Phi) is 5.57. The zero-order chi connectivity index (χ0) is 12.3. The Morgan fingerprint density at radius 1 is 1.06 bits per heavy atom. The largest absolute Gasteiger partial charge is 1.00 e. The Morgan fingerprint density at radius 3 is 1.88 bits per heavy atom. The number of aromatic nitrogens is 1. The van der Waals surface area contributed by atoms with Crippen molar-refractivity contribution in [3.8, 4) is 24.4 Å². The summed E-state index contributed by atoms with van der Waals surface area (Å²) >= 11 is 0. The maximum Gasteiger partial charge on any atom is 1.00 e. The van der Waals surface area contributed by atoms with Crippen molar-refractivity contribution in [1.29, 1.82) is 21.0 Å². The Morgan fingerprint density at radius 2 is 1.59 bits per heavy atom. The minimum atomic E-state index is -1.80. The molecule has 74 valence electrons. The minimum absolute atomic E-state index is 0. The number of carboxylic acids is 1. The average molecular weight is 249 g/mol. The number of hydrogen-bond donors (Lipinski definition) is 0. The van der Waals surface area contributed by atoms with Gasteiger partial charge >= 0.3 is 51.4 Å². The fourth-order valence-corrected chi connectivity index (χ4v) is 1.19. The third kappa shape index (κ3) is 2.37. The van der Waals surface area contributed by atoms with Crippen molar-refractivity contribution in [2.24, 2.45) is 0 Å². The van der Waals surface area contributed by atoms with E-state index in [9.17, 15) is 9.90 Å². The van der Waals surface area contributed by atoms with Gasteiger partial charge in [0.15, 0.2) is 11.9 Å². The third-order valence-corrected chi connectivity index (χ3v) is 1.79. The quantitative estimate of drug-likeness (QED) is 0.462. The molecule has 0 bridgehead atoms. The van der Waals surface area contributed by atoms with E-state index in [4.69, 9.17) is 21.0 Å². The molecule has 0 fully saturated rings. The number of hydrogen-bond acceptors (Lipinski definition) is 6. The van der Waals surface area contributed by atoms with E-state index in [-0.39, 0.29) is 51.4 Å². The molecule has 1 aromatic heterocycles. The molecule has 17 heavy (non-hydrogen) atoms. The molecule has 0 spiro atoms. The van der Waals surface area contributed by atoms with Crippen LogP contribution in [0.4, 0.5) is 0 Å². The van der Waals surface area contributed by atoms with Crippen LogP contribution in [0.2, 0.25) is 0 Å². The Bertz CT molecular complexity index is 598. The van der Waals surface area contributed by atoms with Crippen LogP contribution < -0.4 is 56.5 Å². The Labute approximate surface area is 138 Å². The average Bonchev–Trinajstić information content (AvgIpc) is 2.60. The molecule has 0 aliphatic heterocycles. The van der Waals surface area contributed by atoms with E-state index in [1.54, 1.807) is 0 Å². The van der Waals surface area contributed by atoms with Crippen LogP contribution in [0.15, 0.2) is 0 Å². The van der Waals surface area contributed by atoms with Crippen LogP contribution in [0, 0.1) is 45.4 Å². The molecule has 0 atom stereocenters. The number of aromatic carboxylic acids is 1. The van der Waals surface area contributed by atoms with Gasteiger partial charge in [-0.15, -0.1) is 0 Å². The molecule has 0 unspecified atom stereocenters. The fraction of sp³-hybridized carbons (Fsp3) is 0. The van der Waals surface area contributed by atoms with Gasteiger partial charge in [0.1, 0.15) is 23.8 Å². The van der Waals surface area contributed by atoms with E-state index in [0.717, 1.165) is 0 Å². The minimum Gasteiger partial charge on any atom is -0.543 e. The standard InChI is InChI=1S/C9HN5O2.K/c10-1-5-6(2-11)8(9(15)16)14(4-13)7(5)3-12;/h(H,15,16);/q;+1/p-1. The molecule has 0 aliphatic carbocycles. The molecular weight excluding hydrogens is 249 g/mol. The molecule has 1 rings (SSSR count). The zero-order valence-corrected chi connectivity index (χ0v) is 11.7. The van der Waals surface area contributed by atoms with Crippen LogP contribution >= 0.6 is 0 Å². The first kappa shape index (κ1) is 15.3. The summed E-state index contributed by atoms with van der Waals surface area (Å²) in [4.78, 5) is 10.7. The number of carbonyl (C=O) groups excluding carboxylic acids is 1. The van der Waals surface area contributed by atoms with Crippen molar-refractivity contribution in [3.05, 3.63) is 22.5 Å². The summed E-state index contributed by atoms with van der Waals surface area (Å²) in [6.45, 7) is 0. The monoisotopic (exact) mass is 249 g/mol. The van der Waals surface area contributed by atoms with Gasteiger partial charge in [-0.1, -0.05) is 0 Å². The summed E-state index contributed by atoms with van der Waals surface area (Å²) in [5.74, 6) is -1.80. The second kappa shape index (κ2) is 6.17. The number of carbonyl (C=O) groups is 1. The summed E-state index contributed by atoms with van der Waals surface area (Å²) in [7, 11) is 0. The van der Waals surface area contributed by atoms with Crippen molar-refractivity contribution in [2.45, 2.75) is 0 Å². The van der Waals surface area contributed by atoms with E-state index in [2.05, 4.69) is 0 Å². The number of rotatable bonds is 1. The first-order chi connectivity index (χ1) is 7.62. The summed E-state index contributed by atoms with van der Waals surface area (Å²) in [5, 5.41) is 45.4. The van der Waals surface area contributed by atoms with Gasteiger partial charge < -0.3 is 9.90 Å². The maximum absolute atomic E-state index is 10.7. The van der Waals surface area contributed by atoms with Gasteiger partial charge in [0.25, 0.3) is 0 Å². The summed E-state index contributed by atoms with van der Waals surface area (Å²) in [6.07, 6.45) is 1.40. The Balaban J connectivity index is 0.00000256. The molecule has 0 aliphatic rings. The van der Waals surface area contributed by atoms with Crippen LogP contribution in [-0.4, -0.2) is 10.5 Å². The van der Waals surface area contributed by atoms with Crippen LogP contribution in [-0.2, 0) is 0 Å². The SMILES string of the molecule is N#Cc1c(C#N)c(C(=O)[O-])n(C#N)c1C#N.[K+]. The van der Waals surface area contributed by atoms with Crippen molar-refractivity contribution in [2.75, 3.05) is 0 Å². The topological polar surface area (TPSA) is 140 Å². The number of nitrogens with zero attached hydrogens (tertiary/aromatic N) is 5. The van der Waals surface area contributed by atoms with Gasteiger partial charge in [-0.2, -0.15) is 21.0 Å². The van der Waals surface area contributed by atoms with E-state index in [1.165, 1.54) is 24.4 Å². The molecule has 0 radical (unpaired) electrons. The van der Waals surface area contributed by atoms with Gasteiger partial charge in [0.2, 0.25) is 0 Å². The predicted octanol–water partition coefficient (Wildman–Crippen LogP) is -4.20. The van der Waals surface area contributed by atoms with E-state index >= 15 is 0 Å². The molecule has 0 N–H and O–H groups in total. The molecule has 8 heteroatoms. The molecule has 0 aromatic carbocycles. The van der Waals surface area contributed by atoms with Crippen molar-refractivity contribution < 1.29 is 61.3 Å². The molecule has 1 heterocycles. The molecule has 0 amide bonds. The second-order valence-corrected chi connectivity index (χ2v) is 2.51. The van der Waals surface area contributed by atoms with E-state index in [0.29, 0.717) is 4.57 Å². The molecular formula is C9KN5O2. The van der Waals surface area contributed by atoms with Crippen molar-refractivity contribution >= 4 is 5.97 Å². The van der Waals surface area contributed by atoms with Gasteiger partial charge in [-0.25, -0.2) is 4.57 Å². The smallest absolute Gasteiger partial charge is 0.543 e. The number of nitriles is 4. The van der Waals surface area contributed by atoms with Gasteiger partial charge in [0, 0.05) is 0 Å². The summed E-state index contributed by atoms with van der Waals surface area (Å²) in [6, 6.07) is 4.46. The van der Waals surface area contributed by atoms with Crippen LogP contribution in [0.1, 0.15) is 27.3 Å².